The van der Waals surface area contributed by atoms with Gasteiger partial charge in [-0.2, -0.15) is 0 Å². The Balaban J connectivity index is 1.73. The van der Waals surface area contributed by atoms with E-state index >= 15 is 0 Å². The van der Waals surface area contributed by atoms with Gasteiger partial charge in [-0.05, 0) is 48.4 Å². The molecule has 0 fully saturated rings. The molecule has 144 valence electrons. The maximum absolute atomic E-state index is 13.4. The Morgan fingerprint density at radius 3 is 2.17 bits per heavy atom. The standard InChI is InChI=1S/C25H21FN2O/c1-18-23(25(29)27-17-19-8-4-2-5-9-19)16-24(20-10-6-3-7-11-20)28(18)22-14-12-21(26)13-15-22/h2-16H,17H2,1H3,(H,27,29). The van der Waals surface area contributed by atoms with Crippen molar-refractivity contribution >= 4 is 5.91 Å². The van der Waals surface area contributed by atoms with Crippen molar-refractivity contribution in [2.75, 3.05) is 0 Å². The number of carbonyl (C=O) groups excluding carboxylic acids is 1. The highest BCUT2D eigenvalue weighted by atomic mass is 19.1. The van der Waals surface area contributed by atoms with Gasteiger partial charge in [0.05, 0.1) is 11.3 Å². The lowest BCUT2D eigenvalue weighted by molar-refractivity contribution is 0.0950. The summed E-state index contributed by atoms with van der Waals surface area (Å²) in [5.74, 6) is -0.426. The van der Waals surface area contributed by atoms with Crippen LogP contribution in [0.4, 0.5) is 4.39 Å². The molecule has 3 aromatic carbocycles. The molecule has 1 heterocycles. The van der Waals surface area contributed by atoms with Gasteiger partial charge in [0.25, 0.3) is 5.91 Å². The average Bonchev–Trinajstić information content (AvgIpc) is 3.11. The summed E-state index contributed by atoms with van der Waals surface area (Å²) >= 11 is 0. The van der Waals surface area contributed by atoms with E-state index in [4.69, 9.17) is 0 Å². The van der Waals surface area contributed by atoms with E-state index < -0.39 is 0 Å². The fraction of sp³-hybridized carbons (Fsp3) is 0.0800. The summed E-state index contributed by atoms with van der Waals surface area (Å²) in [5, 5.41) is 3.00. The van der Waals surface area contributed by atoms with E-state index in [1.165, 1.54) is 12.1 Å². The lowest BCUT2D eigenvalue weighted by Crippen LogP contribution is -2.23. The minimum atomic E-state index is -0.291. The van der Waals surface area contributed by atoms with Crippen LogP contribution in [0.1, 0.15) is 21.6 Å². The zero-order chi connectivity index (χ0) is 20.2. The third-order valence-corrected chi connectivity index (χ3v) is 4.94. The predicted molar refractivity (Wildman–Crippen MR) is 114 cm³/mol. The van der Waals surface area contributed by atoms with Crippen LogP contribution in [0.5, 0.6) is 0 Å². The molecule has 3 nitrogen and oxygen atoms in total. The normalized spacial score (nSPS) is 10.7. The van der Waals surface area contributed by atoms with E-state index in [0.29, 0.717) is 12.1 Å². The molecule has 4 heteroatoms. The Bertz CT molecular complexity index is 1120. The number of hydrogen-bond acceptors (Lipinski definition) is 1. The molecule has 0 aliphatic heterocycles. The van der Waals surface area contributed by atoms with Crippen LogP contribution in [0, 0.1) is 12.7 Å². The van der Waals surface area contributed by atoms with Crippen molar-refractivity contribution in [3.63, 3.8) is 0 Å². The number of nitrogens with one attached hydrogen (secondary N) is 1. The number of hydrogen-bond donors (Lipinski definition) is 1. The second-order valence-electron chi connectivity index (χ2n) is 6.87. The number of carbonyl (C=O) groups is 1. The van der Waals surface area contributed by atoms with Crippen molar-refractivity contribution in [1.82, 2.24) is 9.88 Å². The third kappa shape index (κ3) is 3.97. The van der Waals surface area contributed by atoms with Crippen LogP contribution >= 0.6 is 0 Å². The SMILES string of the molecule is Cc1c(C(=O)NCc2ccccc2)cc(-c2ccccc2)n1-c1ccc(F)cc1. The first-order valence-corrected chi connectivity index (χ1v) is 9.49. The molecule has 0 saturated heterocycles. The second-order valence-corrected chi connectivity index (χ2v) is 6.87. The number of amides is 1. The minimum absolute atomic E-state index is 0.135. The lowest BCUT2D eigenvalue weighted by Gasteiger charge is -2.12. The van der Waals surface area contributed by atoms with Crippen LogP contribution in [0.3, 0.4) is 0 Å². The Morgan fingerprint density at radius 2 is 1.52 bits per heavy atom. The molecule has 0 atom stereocenters. The summed E-state index contributed by atoms with van der Waals surface area (Å²) in [6.45, 7) is 2.37. The first kappa shape index (κ1) is 18.7. The first-order valence-electron chi connectivity index (χ1n) is 9.49. The van der Waals surface area contributed by atoms with Gasteiger partial charge in [-0.3, -0.25) is 4.79 Å². The van der Waals surface area contributed by atoms with Crippen molar-refractivity contribution in [1.29, 1.82) is 0 Å². The zero-order valence-corrected chi connectivity index (χ0v) is 16.1. The first-order chi connectivity index (χ1) is 14.1. The molecule has 0 aliphatic carbocycles. The number of benzene rings is 3. The molecule has 1 aromatic heterocycles. The van der Waals surface area contributed by atoms with Gasteiger partial charge in [0.1, 0.15) is 5.82 Å². The van der Waals surface area contributed by atoms with Crippen LogP contribution in [-0.2, 0) is 6.54 Å². The van der Waals surface area contributed by atoms with Gasteiger partial charge in [0.2, 0.25) is 0 Å². The smallest absolute Gasteiger partial charge is 0.253 e. The van der Waals surface area contributed by atoms with E-state index in [2.05, 4.69) is 5.32 Å². The van der Waals surface area contributed by atoms with E-state index in [1.54, 1.807) is 12.1 Å². The fourth-order valence-corrected chi connectivity index (χ4v) is 3.45. The van der Waals surface area contributed by atoms with Gasteiger partial charge in [-0.25, -0.2) is 4.39 Å². The Morgan fingerprint density at radius 1 is 0.897 bits per heavy atom. The topological polar surface area (TPSA) is 34.0 Å². The van der Waals surface area contributed by atoms with Gasteiger partial charge >= 0.3 is 0 Å². The van der Waals surface area contributed by atoms with Gasteiger partial charge in [0, 0.05) is 17.9 Å². The zero-order valence-electron chi connectivity index (χ0n) is 16.1. The van der Waals surface area contributed by atoms with Crippen molar-refractivity contribution in [3.05, 3.63) is 114 Å². The highest BCUT2D eigenvalue weighted by Gasteiger charge is 2.19. The van der Waals surface area contributed by atoms with Gasteiger partial charge in [-0.15, -0.1) is 0 Å². The molecule has 0 spiro atoms. The molecule has 0 saturated carbocycles. The molecular weight excluding hydrogens is 363 g/mol. The van der Waals surface area contributed by atoms with E-state index in [0.717, 1.165) is 28.2 Å². The van der Waals surface area contributed by atoms with Crippen molar-refractivity contribution in [2.24, 2.45) is 0 Å². The number of aromatic nitrogens is 1. The Hall–Kier alpha value is -3.66. The molecule has 0 unspecified atom stereocenters. The lowest BCUT2D eigenvalue weighted by atomic mass is 10.1. The monoisotopic (exact) mass is 384 g/mol. The maximum atomic E-state index is 13.4. The molecule has 0 radical (unpaired) electrons. The number of halogens is 1. The molecule has 0 bridgehead atoms. The molecule has 0 aliphatic rings. The summed E-state index contributed by atoms with van der Waals surface area (Å²) < 4.78 is 15.4. The largest absolute Gasteiger partial charge is 0.348 e. The van der Waals surface area contributed by atoms with Gasteiger partial charge < -0.3 is 9.88 Å². The Kier molecular flexibility index (Phi) is 5.25. The summed E-state index contributed by atoms with van der Waals surface area (Å²) in [5.41, 5.74) is 5.14. The number of nitrogens with zero attached hydrogens (tertiary/aromatic N) is 1. The molecular formula is C25H21FN2O. The number of rotatable bonds is 5. The fourth-order valence-electron chi connectivity index (χ4n) is 3.45. The highest BCUT2D eigenvalue weighted by Crippen LogP contribution is 2.29. The summed E-state index contributed by atoms with van der Waals surface area (Å²) in [6, 6.07) is 27.9. The van der Waals surface area contributed by atoms with Crippen LogP contribution < -0.4 is 5.32 Å². The molecule has 1 amide bonds. The second kappa shape index (κ2) is 8.15. The Labute approximate surface area is 169 Å². The molecule has 29 heavy (non-hydrogen) atoms. The summed E-state index contributed by atoms with van der Waals surface area (Å²) in [4.78, 5) is 12.9. The van der Waals surface area contributed by atoms with Crippen molar-refractivity contribution in [3.8, 4) is 16.9 Å². The highest BCUT2D eigenvalue weighted by molar-refractivity contribution is 5.97. The molecule has 1 N–H and O–H groups in total. The minimum Gasteiger partial charge on any atom is -0.348 e. The van der Waals surface area contributed by atoms with Crippen LogP contribution in [0.25, 0.3) is 16.9 Å². The van der Waals surface area contributed by atoms with E-state index in [-0.39, 0.29) is 11.7 Å². The third-order valence-electron chi connectivity index (χ3n) is 4.94. The van der Waals surface area contributed by atoms with Crippen LogP contribution in [0.15, 0.2) is 91.0 Å². The van der Waals surface area contributed by atoms with Gasteiger partial charge in [0.15, 0.2) is 0 Å². The van der Waals surface area contributed by atoms with Crippen LogP contribution in [0.2, 0.25) is 0 Å². The van der Waals surface area contributed by atoms with Gasteiger partial charge in [-0.1, -0.05) is 60.7 Å². The molecule has 4 rings (SSSR count). The predicted octanol–water partition coefficient (Wildman–Crippen LogP) is 5.52. The summed E-state index contributed by atoms with van der Waals surface area (Å²) in [7, 11) is 0. The summed E-state index contributed by atoms with van der Waals surface area (Å²) in [6.07, 6.45) is 0. The maximum Gasteiger partial charge on any atom is 0.253 e. The van der Waals surface area contributed by atoms with Crippen LogP contribution in [-0.4, -0.2) is 10.5 Å². The van der Waals surface area contributed by atoms with Crippen molar-refractivity contribution in [2.45, 2.75) is 13.5 Å². The average molecular weight is 384 g/mol. The van der Waals surface area contributed by atoms with E-state index in [1.807, 2.05) is 78.2 Å². The molecule has 4 aromatic rings. The quantitative estimate of drug-likeness (QED) is 0.483. The van der Waals surface area contributed by atoms with Crippen molar-refractivity contribution < 1.29 is 9.18 Å². The van der Waals surface area contributed by atoms with E-state index in [9.17, 15) is 9.18 Å².